The van der Waals surface area contributed by atoms with Crippen LogP contribution in [-0.4, -0.2) is 41.2 Å². The van der Waals surface area contributed by atoms with Gasteiger partial charge in [-0.3, -0.25) is 0 Å². The molecular formula is C27H30O3. The SMILES string of the molecule is COCC1=CC2C[C@@H]1c1c2c2c(c3c1[C@H]1C=C(COC)[C@@H]3C1)[C@H]1C=C(COC)[C@@H]2C1. The first-order valence-electron chi connectivity index (χ1n) is 11.6. The van der Waals surface area contributed by atoms with E-state index in [1.807, 2.05) is 21.3 Å². The molecule has 3 heteroatoms. The minimum Gasteiger partial charge on any atom is -0.380 e. The molecule has 6 aliphatic rings. The Hall–Kier alpha value is -1.68. The Labute approximate surface area is 178 Å². The summed E-state index contributed by atoms with van der Waals surface area (Å²) in [6.07, 6.45) is 11.5. The molecular weight excluding hydrogens is 372 g/mol. The third-order valence-corrected chi connectivity index (χ3v) is 8.89. The average Bonchev–Trinajstić information content (AvgIpc) is 3.54. The van der Waals surface area contributed by atoms with Crippen LogP contribution in [0.3, 0.4) is 0 Å². The van der Waals surface area contributed by atoms with Crippen molar-refractivity contribution in [1.29, 1.82) is 0 Å². The number of rotatable bonds is 6. The van der Waals surface area contributed by atoms with Gasteiger partial charge in [0, 0.05) is 56.8 Å². The molecule has 30 heavy (non-hydrogen) atoms. The lowest BCUT2D eigenvalue weighted by molar-refractivity contribution is 0.221. The van der Waals surface area contributed by atoms with Gasteiger partial charge in [0.05, 0.1) is 19.8 Å². The van der Waals surface area contributed by atoms with Crippen LogP contribution in [0.4, 0.5) is 0 Å². The van der Waals surface area contributed by atoms with Gasteiger partial charge in [0.1, 0.15) is 0 Å². The van der Waals surface area contributed by atoms with Crippen molar-refractivity contribution in [3.63, 3.8) is 0 Å². The highest BCUT2D eigenvalue weighted by molar-refractivity contribution is 5.73. The number of benzene rings is 1. The second-order valence-corrected chi connectivity index (χ2v) is 10.2. The van der Waals surface area contributed by atoms with Crippen molar-refractivity contribution in [1.82, 2.24) is 0 Å². The molecule has 0 N–H and O–H groups in total. The highest BCUT2D eigenvalue weighted by Gasteiger charge is 2.53. The summed E-state index contributed by atoms with van der Waals surface area (Å²) in [5, 5.41) is 0. The van der Waals surface area contributed by atoms with E-state index in [1.165, 1.54) is 36.0 Å². The van der Waals surface area contributed by atoms with Crippen LogP contribution in [-0.2, 0) is 14.2 Å². The molecule has 0 heterocycles. The van der Waals surface area contributed by atoms with Gasteiger partial charge in [-0.2, -0.15) is 0 Å². The summed E-state index contributed by atoms with van der Waals surface area (Å²) in [4.78, 5) is 0. The van der Waals surface area contributed by atoms with Gasteiger partial charge in [-0.05, 0) is 69.4 Å². The Kier molecular flexibility index (Phi) is 3.70. The van der Waals surface area contributed by atoms with Gasteiger partial charge in [0.15, 0.2) is 0 Å². The molecule has 0 saturated heterocycles. The Bertz CT molecular complexity index is 904. The number of fused-ring (bicyclic) bond motifs is 18. The Morgan fingerprint density at radius 3 is 1.10 bits per heavy atom. The maximum atomic E-state index is 5.59. The van der Waals surface area contributed by atoms with Crippen molar-refractivity contribution in [3.8, 4) is 0 Å². The first kappa shape index (κ1) is 17.9. The Morgan fingerprint density at radius 1 is 0.533 bits per heavy atom. The van der Waals surface area contributed by atoms with E-state index in [0.717, 1.165) is 19.8 Å². The van der Waals surface area contributed by atoms with Gasteiger partial charge >= 0.3 is 0 Å². The van der Waals surface area contributed by atoms with Crippen molar-refractivity contribution in [2.45, 2.75) is 54.8 Å². The molecule has 0 aliphatic heterocycles. The molecule has 0 saturated carbocycles. The summed E-state index contributed by atoms with van der Waals surface area (Å²) in [7, 11) is 5.51. The molecule has 0 aromatic heterocycles. The quantitative estimate of drug-likeness (QED) is 0.615. The van der Waals surface area contributed by atoms with Crippen LogP contribution >= 0.6 is 0 Å². The van der Waals surface area contributed by atoms with Crippen LogP contribution in [0.1, 0.15) is 88.2 Å². The molecule has 1 aromatic carbocycles. The molecule has 6 atom stereocenters. The van der Waals surface area contributed by atoms with Gasteiger partial charge in [0.25, 0.3) is 0 Å². The molecule has 156 valence electrons. The number of methoxy groups -OCH3 is 3. The number of hydrogen-bond donors (Lipinski definition) is 0. The lowest BCUT2D eigenvalue weighted by atomic mass is 9.72. The van der Waals surface area contributed by atoms with E-state index in [2.05, 4.69) is 18.2 Å². The first-order chi connectivity index (χ1) is 14.7. The average molecular weight is 403 g/mol. The van der Waals surface area contributed by atoms with Crippen molar-refractivity contribution < 1.29 is 14.2 Å². The Balaban J connectivity index is 1.45. The predicted octanol–water partition coefficient (Wildman–Crippen LogP) is 5.16. The lowest BCUT2D eigenvalue weighted by Crippen LogP contribution is -2.18. The smallest absolute Gasteiger partial charge is 0.0679 e. The van der Waals surface area contributed by atoms with Crippen LogP contribution in [0.25, 0.3) is 0 Å². The summed E-state index contributed by atoms with van der Waals surface area (Å²) in [6, 6.07) is 0. The van der Waals surface area contributed by atoms with Gasteiger partial charge in [-0.25, -0.2) is 0 Å². The molecule has 6 aliphatic carbocycles. The van der Waals surface area contributed by atoms with Crippen LogP contribution in [0, 0.1) is 0 Å². The molecule has 0 amide bonds. The van der Waals surface area contributed by atoms with E-state index in [9.17, 15) is 0 Å². The van der Waals surface area contributed by atoms with Crippen molar-refractivity contribution in [2.24, 2.45) is 0 Å². The first-order valence-corrected chi connectivity index (χ1v) is 11.6. The summed E-state index contributed by atoms with van der Waals surface area (Å²) in [6.45, 7) is 2.35. The fraction of sp³-hybridized carbons (Fsp3) is 0.556. The highest BCUT2D eigenvalue weighted by Crippen LogP contribution is 2.68. The summed E-state index contributed by atoms with van der Waals surface area (Å²) >= 11 is 0. The summed E-state index contributed by atoms with van der Waals surface area (Å²) < 4.78 is 16.8. The molecule has 0 spiro atoms. The van der Waals surface area contributed by atoms with Crippen molar-refractivity contribution >= 4 is 0 Å². The van der Waals surface area contributed by atoms with E-state index >= 15 is 0 Å². The monoisotopic (exact) mass is 402 g/mol. The zero-order valence-electron chi connectivity index (χ0n) is 18.2. The van der Waals surface area contributed by atoms with Gasteiger partial charge < -0.3 is 14.2 Å². The predicted molar refractivity (Wildman–Crippen MR) is 117 cm³/mol. The maximum Gasteiger partial charge on any atom is 0.0679 e. The van der Waals surface area contributed by atoms with Gasteiger partial charge in [-0.15, -0.1) is 0 Å². The summed E-state index contributed by atoms with van der Waals surface area (Å²) in [5.74, 6) is 3.53. The van der Waals surface area contributed by atoms with E-state index in [0.29, 0.717) is 35.5 Å². The third-order valence-electron chi connectivity index (χ3n) is 8.89. The molecule has 1 unspecified atom stereocenters. The lowest BCUT2D eigenvalue weighted by Gasteiger charge is -2.32. The highest BCUT2D eigenvalue weighted by atomic mass is 16.5. The zero-order chi connectivity index (χ0) is 20.1. The normalized spacial score (nSPS) is 35.5. The minimum atomic E-state index is 0.580. The number of allylic oxidation sites excluding steroid dienone is 3. The van der Waals surface area contributed by atoms with Gasteiger partial charge in [-0.1, -0.05) is 18.2 Å². The van der Waals surface area contributed by atoms with Crippen molar-refractivity contribution in [2.75, 3.05) is 41.2 Å². The van der Waals surface area contributed by atoms with Crippen LogP contribution in [0.5, 0.6) is 0 Å². The standard InChI is InChI=1S/C27H30O3/c1-28-10-16-4-13-7-19(16)25-22(13)26-20-9-15(6-18(20)12-30-3)24(26)27-21-8-14(23(25)27)5-17(21)11-29-2/h4-6,13-15,19-21H,7-12H2,1-3H3/t13-,14-,15?,19-,20-,21-/m0/s1. The molecule has 0 fully saturated rings. The molecule has 6 bridgehead atoms. The second kappa shape index (κ2) is 6.18. The molecule has 3 nitrogen and oxygen atoms in total. The Morgan fingerprint density at radius 2 is 0.833 bits per heavy atom. The second-order valence-electron chi connectivity index (χ2n) is 10.2. The van der Waals surface area contributed by atoms with E-state index in [-0.39, 0.29) is 0 Å². The fourth-order valence-corrected chi connectivity index (χ4v) is 8.20. The largest absolute Gasteiger partial charge is 0.380 e. The molecule has 1 aromatic rings. The van der Waals surface area contributed by atoms with Crippen LogP contribution < -0.4 is 0 Å². The van der Waals surface area contributed by atoms with Crippen LogP contribution in [0.15, 0.2) is 34.9 Å². The molecule has 0 radical (unpaired) electrons. The van der Waals surface area contributed by atoms with Gasteiger partial charge in [0.2, 0.25) is 0 Å². The van der Waals surface area contributed by atoms with Crippen LogP contribution in [0.2, 0.25) is 0 Å². The molecule has 7 rings (SSSR count). The van der Waals surface area contributed by atoms with Crippen molar-refractivity contribution in [3.05, 3.63) is 68.3 Å². The fourth-order valence-electron chi connectivity index (χ4n) is 8.20. The third kappa shape index (κ3) is 2.02. The van der Waals surface area contributed by atoms with E-state index in [1.54, 1.807) is 33.4 Å². The van der Waals surface area contributed by atoms with E-state index < -0.39 is 0 Å². The summed E-state index contributed by atoms with van der Waals surface area (Å²) in [5.41, 5.74) is 14.9. The maximum absolute atomic E-state index is 5.59. The zero-order valence-corrected chi connectivity index (χ0v) is 18.2. The topological polar surface area (TPSA) is 27.7 Å². The van der Waals surface area contributed by atoms with E-state index in [4.69, 9.17) is 14.2 Å². The number of hydrogen-bond acceptors (Lipinski definition) is 3. The number of ether oxygens (including phenoxy) is 3. The minimum absolute atomic E-state index is 0.580.